The lowest BCUT2D eigenvalue weighted by Gasteiger charge is -2.16. The van der Waals surface area contributed by atoms with Gasteiger partial charge in [-0.2, -0.15) is 5.10 Å². The molecule has 1 unspecified atom stereocenters. The number of nitrogens with one attached hydrogen (secondary N) is 2. The van der Waals surface area contributed by atoms with Crippen molar-refractivity contribution in [3.63, 3.8) is 0 Å². The van der Waals surface area contributed by atoms with Crippen LogP contribution in [0.25, 0.3) is 0 Å². The zero-order valence-electron chi connectivity index (χ0n) is 12.0. The number of nitrogens with zero attached hydrogens (tertiary/aromatic N) is 2. The Balaban J connectivity index is 1.63. The van der Waals surface area contributed by atoms with Crippen LogP contribution < -0.4 is 21.4 Å². The van der Waals surface area contributed by atoms with Crippen LogP contribution in [0.15, 0.2) is 29.0 Å². The summed E-state index contributed by atoms with van der Waals surface area (Å²) in [5, 5.41) is 11.6. The maximum atomic E-state index is 13.6. The molecule has 0 spiro atoms. The van der Waals surface area contributed by atoms with Gasteiger partial charge in [0, 0.05) is 17.7 Å². The van der Waals surface area contributed by atoms with Gasteiger partial charge in [-0.15, -0.1) is 0 Å². The predicted octanol–water partition coefficient (Wildman–Crippen LogP) is 0.892. The summed E-state index contributed by atoms with van der Waals surface area (Å²) < 4.78 is 13.6. The largest absolute Gasteiger partial charge is 0.366 e. The topological polar surface area (TPSA) is 99.8 Å². The lowest BCUT2D eigenvalue weighted by molar-refractivity contribution is -0.121. The number of hydrazone groups is 1. The van der Waals surface area contributed by atoms with E-state index in [2.05, 4.69) is 15.7 Å². The quantitative estimate of drug-likeness (QED) is 0.771. The van der Waals surface area contributed by atoms with E-state index in [4.69, 9.17) is 5.73 Å². The van der Waals surface area contributed by atoms with E-state index < -0.39 is 17.9 Å². The van der Waals surface area contributed by atoms with E-state index in [0.29, 0.717) is 16.9 Å². The summed E-state index contributed by atoms with van der Waals surface area (Å²) in [7, 11) is 0. The molecule has 8 heteroatoms. The Morgan fingerprint density at radius 1 is 1.43 bits per heavy atom. The Kier molecular flexibility index (Phi) is 2.87. The van der Waals surface area contributed by atoms with Crippen LogP contribution in [0.2, 0.25) is 0 Å². The predicted molar refractivity (Wildman–Crippen MR) is 82.2 cm³/mol. The molecule has 1 fully saturated rings. The van der Waals surface area contributed by atoms with Crippen LogP contribution in [0.4, 0.5) is 15.8 Å². The van der Waals surface area contributed by atoms with Crippen molar-refractivity contribution in [2.24, 2.45) is 16.8 Å². The van der Waals surface area contributed by atoms with Crippen LogP contribution in [0.5, 0.6) is 0 Å². The number of halogens is 1. The second-order valence-electron chi connectivity index (χ2n) is 5.78. The van der Waals surface area contributed by atoms with Gasteiger partial charge in [-0.05, 0) is 25.0 Å². The second-order valence-corrected chi connectivity index (χ2v) is 5.78. The van der Waals surface area contributed by atoms with Crippen molar-refractivity contribution < 1.29 is 14.0 Å². The van der Waals surface area contributed by atoms with Crippen molar-refractivity contribution in [2.75, 3.05) is 10.3 Å². The van der Waals surface area contributed by atoms with Crippen molar-refractivity contribution in [1.82, 2.24) is 5.32 Å². The van der Waals surface area contributed by atoms with Gasteiger partial charge in [-0.25, -0.2) is 9.40 Å². The van der Waals surface area contributed by atoms with E-state index in [0.717, 1.165) is 18.9 Å². The Morgan fingerprint density at radius 3 is 2.91 bits per heavy atom. The van der Waals surface area contributed by atoms with Crippen molar-refractivity contribution >= 4 is 29.4 Å². The highest BCUT2D eigenvalue weighted by molar-refractivity contribution is 6.05. The van der Waals surface area contributed by atoms with E-state index in [9.17, 15) is 14.0 Å². The Bertz CT molecular complexity index is 784. The number of rotatable bonds is 3. The van der Waals surface area contributed by atoms with Crippen molar-refractivity contribution in [2.45, 2.75) is 19.0 Å². The molecule has 23 heavy (non-hydrogen) atoms. The SMILES string of the molecule is NC(=O)c1cc(F)cc2c1N1N=CC(=CNC(=O)C3CC3)C1N2. The first-order chi connectivity index (χ1) is 11.0. The summed E-state index contributed by atoms with van der Waals surface area (Å²) >= 11 is 0. The number of benzene rings is 1. The van der Waals surface area contributed by atoms with Gasteiger partial charge in [0.1, 0.15) is 12.0 Å². The first-order valence-electron chi connectivity index (χ1n) is 7.28. The van der Waals surface area contributed by atoms with E-state index >= 15 is 0 Å². The summed E-state index contributed by atoms with van der Waals surface area (Å²) in [5.41, 5.74) is 6.99. The van der Waals surface area contributed by atoms with Crippen LogP contribution in [0.1, 0.15) is 23.2 Å². The molecule has 118 valence electrons. The minimum absolute atomic E-state index is 0.0104. The number of fused-ring (bicyclic) bond motifs is 3. The molecule has 2 amide bonds. The third kappa shape index (κ3) is 2.23. The Morgan fingerprint density at radius 2 is 2.22 bits per heavy atom. The average molecular weight is 315 g/mol. The number of primary amides is 1. The third-order valence-electron chi connectivity index (χ3n) is 4.08. The molecule has 0 bridgehead atoms. The summed E-state index contributed by atoms with van der Waals surface area (Å²) in [5.74, 6) is -1.19. The molecule has 2 aliphatic heterocycles. The highest BCUT2D eigenvalue weighted by Crippen LogP contribution is 2.42. The average Bonchev–Trinajstić information content (AvgIpc) is 3.19. The normalized spacial score (nSPS) is 22.7. The van der Waals surface area contributed by atoms with Gasteiger partial charge in [0.2, 0.25) is 5.91 Å². The smallest absolute Gasteiger partial charge is 0.251 e. The number of nitrogens with two attached hydrogens (primary N) is 1. The molecule has 1 atom stereocenters. The summed E-state index contributed by atoms with van der Waals surface area (Å²) in [6, 6.07) is 2.38. The summed E-state index contributed by atoms with van der Waals surface area (Å²) in [6.07, 6.45) is 4.62. The standard InChI is InChI=1S/C15H14FN5O2/c16-9-3-10(13(17)22)12-11(4-9)20-14-8(6-19-21(12)14)5-18-15(23)7-1-2-7/h3-7,14,20H,1-2H2,(H2,17,22)(H,18,23). The molecule has 7 nitrogen and oxygen atoms in total. The lowest BCUT2D eigenvalue weighted by atomic mass is 10.1. The highest BCUT2D eigenvalue weighted by atomic mass is 19.1. The number of hydrogen-bond acceptors (Lipinski definition) is 5. The fourth-order valence-electron chi connectivity index (χ4n) is 2.76. The number of anilines is 2. The lowest BCUT2D eigenvalue weighted by Crippen LogP contribution is -2.31. The van der Waals surface area contributed by atoms with Crippen molar-refractivity contribution in [3.05, 3.63) is 35.3 Å². The summed E-state index contributed by atoms with van der Waals surface area (Å²) in [4.78, 5) is 23.3. The molecular weight excluding hydrogens is 301 g/mol. The minimum Gasteiger partial charge on any atom is -0.366 e. The number of carbonyl (C=O) groups is 2. The van der Waals surface area contributed by atoms with Crippen LogP contribution >= 0.6 is 0 Å². The molecule has 0 radical (unpaired) electrons. The molecule has 0 saturated heterocycles. The fourth-order valence-corrected chi connectivity index (χ4v) is 2.76. The molecule has 1 aromatic rings. The molecule has 1 aromatic carbocycles. The molecule has 4 N–H and O–H groups in total. The second kappa shape index (κ2) is 4.80. The molecular formula is C15H14FN5O2. The number of amides is 2. The van der Waals surface area contributed by atoms with Gasteiger partial charge in [-0.1, -0.05) is 0 Å². The number of carbonyl (C=O) groups excluding carboxylic acids is 2. The van der Waals surface area contributed by atoms with E-state index in [1.807, 2.05) is 0 Å². The first kappa shape index (κ1) is 13.7. The van der Waals surface area contributed by atoms with Crippen LogP contribution in [0.3, 0.4) is 0 Å². The van der Waals surface area contributed by atoms with Gasteiger partial charge in [-0.3, -0.25) is 9.59 Å². The maximum absolute atomic E-state index is 13.6. The zero-order chi connectivity index (χ0) is 16.1. The third-order valence-corrected chi connectivity index (χ3v) is 4.08. The zero-order valence-corrected chi connectivity index (χ0v) is 12.0. The molecule has 0 aromatic heterocycles. The van der Waals surface area contributed by atoms with Gasteiger partial charge in [0.25, 0.3) is 5.91 Å². The van der Waals surface area contributed by atoms with E-state index in [1.165, 1.54) is 6.07 Å². The van der Waals surface area contributed by atoms with Gasteiger partial charge in [0.15, 0.2) is 0 Å². The van der Waals surface area contributed by atoms with Gasteiger partial charge in [0.05, 0.1) is 23.2 Å². The number of hydrogen-bond donors (Lipinski definition) is 3. The van der Waals surface area contributed by atoms with Gasteiger partial charge < -0.3 is 16.4 Å². The molecule has 3 aliphatic rings. The maximum Gasteiger partial charge on any atom is 0.251 e. The fraction of sp³-hybridized carbons (Fsp3) is 0.267. The summed E-state index contributed by atoms with van der Waals surface area (Å²) in [6.45, 7) is 0. The van der Waals surface area contributed by atoms with Crippen LogP contribution in [-0.4, -0.2) is 24.2 Å². The van der Waals surface area contributed by atoms with Gasteiger partial charge >= 0.3 is 0 Å². The highest BCUT2D eigenvalue weighted by Gasteiger charge is 2.38. The minimum atomic E-state index is -0.724. The first-order valence-corrected chi connectivity index (χ1v) is 7.28. The van der Waals surface area contributed by atoms with Crippen molar-refractivity contribution in [1.29, 1.82) is 0 Å². The molecule has 1 aliphatic carbocycles. The Labute approximate surface area is 131 Å². The van der Waals surface area contributed by atoms with Crippen molar-refractivity contribution in [3.8, 4) is 0 Å². The molecule has 2 heterocycles. The molecule has 1 saturated carbocycles. The Hall–Kier alpha value is -2.90. The van der Waals surface area contributed by atoms with E-state index in [1.54, 1.807) is 17.4 Å². The molecule has 4 rings (SSSR count). The van der Waals surface area contributed by atoms with Crippen LogP contribution in [0, 0.1) is 11.7 Å². The van der Waals surface area contributed by atoms with E-state index in [-0.39, 0.29) is 17.4 Å². The monoisotopic (exact) mass is 315 g/mol. The van der Waals surface area contributed by atoms with Crippen LogP contribution in [-0.2, 0) is 4.79 Å².